The number of nitrogens with two attached hydrogens (primary N) is 1. The highest BCUT2D eigenvalue weighted by molar-refractivity contribution is 6.30. The minimum absolute atomic E-state index is 0.0608. The fourth-order valence-corrected chi connectivity index (χ4v) is 3.20. The molecular weight excluding hydrogens is 336 g/mol. The lowest BCUT2D eigenvalue weighted by molar-refractivity contribution is 0.284. The van der Waals surface area contributed by atoms with E-state index in [1.54, 1.807) is 6.20 Å². The summed E-state index contributed by atoms with van der Waals surface area (Å²) in [6.45, 7) is 6.84. The third-order valence-electron chi connectivity index (χ3n) is 4.48. The molecule has 3 N–H and O–H groups in total. The van der Waals surface area contributed by atoms with Gasteiger partial charge < -0.3 is 10.6 Å². The first-order valence-corrected chi connectivity index (χ1v) is 8.71. The van der Waals surface area contributed by atoms with E-state index in [2.05, 4.69) is 27.0 Å². The van der Waals surface area contributed by atoms with Crippen molar-refractivity contribution in [1.29, 1.82) is 5.41 Å². The number of hydrogen-bond donors (Lipinski definition) is 2. The number of piperazine rings is 1. The average Bonchev–Trinajstić information content (AvgIpc) is 2.97. The van der Waals surface area contributed by atoms with Crippen molar-refractivity contribution >= 4 is 29.3 Å². The van der Waals surface area contributed by atoms with E-state index >= 15 is 0 Å². The SMILES string of the molecule is Cc1c(/C=C/CN2CCN(c3cccc(Cl)c3)CC2)cnn1C(=N)N. The van der Waals surface area contributed by atoms with E-state index in [1.807, 2.05) is 31.2 Å². The monoisotopic (exact) mass is 358 g/mol. The fourth-order valence-electron chi connectivity index (χ4n) is 3.02. The van der Waals surface area contributed by atoms with Gasteiger partial charge in [-0.25, -0.2) is 4.68 Å². The Hall–Kier alpha value is -2.31. The summed E-state index contributed by atoms with van der Waals surface area (Å²) in [7, 11) is 0. The predicted octanol–water partition coefficient (Wildman–Crippen LogP) is 2.42. The van der Waals surface area contributed by atoms with Gasteiger partial charge in [-0.2, -0.15) is 5.10 Å². The summed E-state index contributed by atoms with van der Waals surface area (Å²) in [5.41, 5.74) is 8.55. The molecule has 25 heavy (non-hydrogen) atoms. The zero-order chi connectivity index (χ0) is 17.8. The normalized spacial score (nSPS) is 15.8. The Kier molecular flexibility index (Phi) is 5.40. The van der Waals surface area contributed by atoms with Gasteiger partial charge in [-0.3, -0.25) is 10.3 Å². The van der Waals surface area contributed by atoms with Crippen molar-refractivity contribution in [1.82, 2.24) is 14.7 Å². The van der Waals surface area contributed by atoms with Crippen molar-refractivity contribution < 1.29 is 0 Å². The fraction of sp³-hybridized carbons (Fsp3) is 0.333. The molecule has 0 unspecified atom stereocenters. The Morgan fingerprint density at radius 1 is 1.32 bits per heavy atom. The van der Waals surface area contributed by atoms with Gasteiger partial charge in [0.15, 0.2) is 0 Å². The molecule has 1 aromatic heterocycles. The van der Waals surface area contributed by atoms with Crippen molar-refractivity contribution in [3.05, 3.63) is 52.8 Å². The third-order valence-corrected chi connectivity index (χ3v) is 4.72. The molecule has 0 radical (unpaired) electrons. The Morgan fingerprint density at radius 2 is 2.08 bits per heavy atom. The zero-order valence-electron chi connectivity index (χ0n) is 14.3. The van der Waals surface area contributed by atoms with E-state index in [0.29, 0.717) is 0 Å². The first-order valence-electron chi connectivity index (χ1n) is 8.33. The van der Waals surface area contributed by atoms with Gasteiger partial charge in [0, 0.05) is 49.0 Å². The molecule has 2 aromatic rings. The maximum absolute atomic E-state index is 7.46. The Bertz CT molecular complexity index is 774. The summed E-state index contributed by atoms with van der Waals surface area (Å²) < 4.78 is 1.43. The largest absolute Gasteiger partial charge is 0.369 e. The number of aromatic nitrogens is 2. The summed E-state index contributed by atoms with van der Waals surface area (Å²) in [6.07, 6.45) is 5.93. The maximum Gasteiger partial charge on any atom is 0.213 e. The van der Waals surface area contributed by atoms with E-state index in [9.17, 15) is 0 Å². The van der Waals surface area contributed by atoms with Gasteiger partial charge in [0.2, 0.25) is 5.96 Å². The Balaban J connectivity index is 1.52. The Morgan fingerprint density at radius 3 is 2.72 bits per heavy atom. The van der Waals surface area contributed by atoms with Crippen LogP contribution in [0.2, 0.25) is 5.02 Å². The van der Waals surface area contributed by atoms with Gasteiger partial charge in [0.1, 0.15) is 0 Å². The summed E-state index contributed by atoms with van der Waals surface area (Å²) in [4.78, 5) is 4.79. The second-order valence-electron chi connectivity index (χ2n) is 6.15. The highest BCUT2D eigenvalue weighted by Gasteiger charge is 2.16. The van der Waals surface area contributed by atoms with Crippen LogP contribution in [0.5, 0.6) is 0 Å². The van der Waals surface area contributed by atoms with Crippen LogP contribution in [0.3, 0.4) is 0 Å². The van der Waals surface area contributed by atoms with Crippen LogP contribution in [-0.4, -0.2) is 53.4 Å². The molecule has 2 heterocycles. The number of nitrogens with one attached hydrogen (secondary N) is 1. The lowest BCUT2D eigenvalue weighted by Gasteiger charge is -2.35. The average molecular weight is 359 g/mol. The summed E-state index contributed by atoms with van der Waals surface area (Å²) in [5, 5.41) is 12.4. The molecule has 1 aromatic carbocycles. The first-order chi connectivity index (χ1) is 12.0. The molecule has 0 spiro atoms. The molecule has 132 valence electrons. The van der Waals surface area contributed by atoms with Gasteiger partial charge in [-0.15, -0.1) is 0 Å². The number of halogens is 1. The minimum Gasteiger partial charge on any atom is -0.369 e. The van der Waals surface area contributed by atoms with Crippen molar-refractivity contribution in [2.75, 3.05) is 37.6 Å². The van der Waals surface area contributed by atoms with Gasteiger partial charge in [0.25, 0.3) is 0 Å². The summed E-state index contributed by atoms with van der Waals surface area (Å²) in [6, 6.07) is 8.03. The molecule has 1 saturated heterocycles. The summed E-state index contributed by atoms with van der Waals surface area (Å²) >= 11 is 6.08. The molecule has 7 heteroatoms. The van der Waals surface area contributed by atoms with E-state index in [0.717, 1.165) is 49.0 Å². The van der Waals surface area contributed by atoms with Crippen molar-refractivity contribution in [3.63, 3.8) is 0 Å². The third kappa shape index (κ3) is 4.21. The molecule has 0 amide bonds. The summed E-state index contributed by atoms with van der Waals surface area (Å²) in [5.74, 6) is -0.0608. The van der Waals surface area contributed by atoms with Gasteiger partial charge in [-0.1, -0.05) is 29.8 Å². The van der Waals surface area contributed by atoms with Crippen molar-refractivity contribution in [2.45, 2.75) is 6.92 Å². The predicted molar refractivity (Wildman–Crippen MR) is 103 cm³/mol. The quantitative estimate of drug-likeness (QED) is 0.650. The van der Waals surface area contributed by atoms with Gasteiger partial charge in [-0.05, 0) is 25.1 Å². The molecule has 0 bridgehead atoms. The number of hydrogen-bond acceptors (Lipinski definition) is 4. The number of nitrogens with zero attached hydrogens (tertiary/aromatic N) is 4. The highest BCUT2D eigenvalue weighted by Crippen LogP contribution is 2.20. The minimum atomic E-state index is -0.0608. The van der Waals surface area contributed by atoms with E-state index in [-0.39, 0.29) is 5.96 Å². The van der Waals surface area contributed by atoms with Crippen LogP contribution < -0.4 is 10.6 Å². The molecule has 0 saturated carbocycles. The zero-order valence-corrected chi connectivity index (χ0v) is 15.1. The molecule has 3 rings (SSSR count). The number of nitrogen functional groups attached to an aromatic ring is 1. The van der Waals surface area contributed by atoms with Gasteiger partial charge in [0.05, 0.1) is 11.9 Å². The van der Waals surface area contributed by atoms with Crippen molar-refractivity contribution in [3.8, 4) is 0 Å². The number of benzene rings is 1. The van der Waals surface area contributed by atoms with E-state index in [4.69, 9.17) is 22.7 Å². The molecule has 1 aliphatic rings. The van der Waals surface area contributed by atoms with Crippen LogP contribution in [0.1, 0.15) is 11.3 Å². The molecule has 1 fully saturated rings. The molecule has 1 aliphatic heterocycles. The first kappa shape index (κ1) is 17.5. The molecule has 0 aliphatic carbocycles. The van der Waals surface area contributed by atoms with Crippen LogP contribution in [0, 0.1) is 12.3 Å². The lowest BCUT2D eigenvalue weighted by atomic mass is 10.2. The standard InChI is InChI=1S/C18H23ClN6/c1-14-15(13-22-25(14)18(20)21)4-3-7-23-8-10-24(11-9-23)17-6-2-5-16(19)12-17/h2-6,12-13H,7-11H2,1H3,(H3,20,21)/b4-3+. The van der Waals surface area contributed by atoms with Crippen LogP contribution in [-0.2, 0) is 0 Å². The van der Waals surface area contributed by atoms with E-state index in [1.165, 1.54) is 10.4 Å². The Labute approximate surface area is 153 Å². The van der Waals surface area contributed by atoms with Crippen LogP contribution in [0.4, 0.5) is 5.69 Å². The molecule has 6 nitrogen and oxygen atoms in total. The number of anilines is 1. The van der Waals surface area contributed by atoms with E-state index < -0.39 is 0 Å². The number of rotatable bonds is 4. The second kappa shape index (κ2) is 7.72. The topological polar surface area (TPSA) is 74.2 Å². The smallest absolute Gasteiger partial charge is 0.213 e. The van der Waals surface area contributed by atoms with Crippen LogP contribution in [0.25, 0.3) is 6.08 Å². The maximum atomic E-state index is 7.46. The highest BCUT2D eigenvalue weighted by atomic mass is 35.5. The van der Waals surface area contributed by atoms with Crippen LogP contribution in [0.15, 0.2) is 36.5 Å². The van der Waals surface area contributed by atoms with Crippen LogP contribution >= 0.6 is 11.6 Å². The van der Waals surface area contributed by atoms with Crippen molar-refractivity contribution in [2.24, 2.45) is 5.73 Å². The molecule has 0 atom stereocenters. The lowest BCUT2D eigenvalue weighted by Crippen LogP contribution is -2.46. The second-order valence-corrected chi connectivity index (χ2v) is 6.59. The van der Waals surface area contributed by atoms with Gasteiger partial charge >= 0.3 is 0 Å². The molecular formula is C18H23ClN6.